The van der Waals surface area contributed by atoms with E-state index in [1.54, 1.807) is 6.07 Å². The summed E-state index contributed by atoms with van der Waals surface area (Å²) in [4.78, 5) is 23.9. The van der Waals surface area contributed by atoms with Gasteiger partial charge >= 0.3 is 5.97 Å². The molecule has 1 aromatic rings. The van der Waals surface area contributed by atoms with Crippen LogP contribution in [0.1, 0.15) is 34.3 Å². The van der Waals surface area contributed by atoms with Gasteiger partial charge in [-0.3, -0.25) is 9.59 Å². The molecule has 0 fully saturated rings. The first-order chi connectivity index (χ1) is 7.99. The van der Waals surface area contributed by atoms with Crippen LogP contribution in [0.15, 0.2) is 12.1 Å². The molecule has 0 radical (unpaired) electrons. The van der Waals surface area contributed by atoms with Crippen LogP contribution in [0.3, 0.4) is 0 Å². The number of aliphatic carboxylic acids is 1. The van der Waals surface area contributed by atoms with Crippen molar-refractivity contribution >= 4 is 23.2 Å². The van der Waals surface area contributed by atoms with Gasteiger partial charge in [0, 0.05) is 17.8 Å². The molecule has 1 aromatic heterocycles. The van der Waals surface area contributed by atoms with E-state index in [1.807, 2.05) is 19.9 Å². The lowest BCUT2D eigenvalue weighted by Gasteiger charge is -2.10. The number of amides is 1. The second kappa shape index (κ2) is 6.39. The molecule has 1 rings (SSSR count). The van der Waals surface area contributed by atoms with Crippen molar-refractivity contribution in [3.8, 4) is 0 Å². The van der Waals surface area contributed by atoms with Crippen molar-refractivity contribution in [3.05, 3.63) is 21.9 Å². The number of hydrogen-bond donors (Lipinski definition) is 2. The monoisotopic (exact) mass is 255 g/mol. The van der Waals surface area contributed by atoms with Crippen molar-refractivity contribution in [3.63, 3.8) is 0 Å². The van der Waals surface area contributed by atoms with Crippen LogP contribution < -0.4 is 5.32 Å². The Bertz CT molecular complexity index is 400. The van der Waals surface area contributed by atoms with E-state index in [1.165, 1.54) is 11.3 Å². The molecule has 0 aliphatic carbocycles. The third kappa shape index (κ3) is 4.99. The first kappa shape index (κ1) is 13.7. The standard InChI is InChI=1S/C12H17NO3S/c1-8(3-6-11(14)15)7-13-12(16)10-5-4-9(2)17-10/h4-5,8H,3,6-7H2,1-2H3,(H,13,16)(H,14,15). The molecule has 4 nitrogen and oxygen atoms in total. The van der Waals surface area contributed by atoms with Crippen LogP contribution in [0.5, 0.6) is 0 Å². The quantitative estimate of drug-likeness (QED) is 0.819. The minimum absolute atomic E-state index is 0.0784. The van der Waals surface area contributed by atoms with Crippen molar-refractivity contribution < 1.29 is 14.7 Å². The number of carbonyl (C=O) groups is 2. The summed E-state index contributed by atoms with van der Waals surface area (Å²) in [5.74, 6) is -0.696. The highest BCUT2D eigenvalue weighted by Crippen LogP contribution is 2.14. The molecule has 0 aliphatic rings. The maximum atomic E-state index is 11.7. The van der Waals surface area contributed by atoms with E-state index in [2.05, 4.69) is 5.32 Å². The van der Waals surface area contributed by atoms with Gasteiger partial charge in [0.2, 0.25) is 0 Å². The molecule has 94 valence electrons. The molecule has 0 saturated heterocycles. The summed E-state index contributed by atoms with van der Waals surface area (Å²) in [5.41, 5.74) is 0. The molecule has 1 amide bonds. The van der Waals surface area contributed by atoms with Crippen LogP contribution in [-0.2, 0) is 4.79 Å². The number of nitrogens with one attached hydrogen (secondary N) is 1. The van der Waals surface area contributed by atoms with Gasteiger partial charge in [-0.05, 0) is 31.4 Å². The summed E-state index contributed by atoms with van der Waals surface area (Å²) < 4.78 is 0. The Morgan fingerprint density at radius 2 is 2.18 bits per heavy atom. The fourth-order valence-electron chi connectivity index (χ4n) is 1.38. The van der Waals surface area contributed by atoms with Crippen LogP contribution in [0.25, 0.3) is 0 Å². The lowest BCUT2D eigenvalue weighted by Crippen LogP contribution is -2.27. The average molecular weight is 255 g/mol. The number of carboxylic acid groups (broad SMARTS) is 1. The zero-order valence-corrected chi connectivity index (χ0v) is 10.8. The van der Waals surface area contributed by atoms with Gasteiger partial charge in [0.15, 0.2) is 0 Å². The third-order valence-corrected chi connectivity index (χ3v) is 3.43. The normalized spacial score (nSPS) is 12.1. The molecule has 1 atom stereocenters. The molecule has 17 heavy (non-hydrogen) atoms. The maximum absolute atomic E-state index is 11.7. The molecule has 2 N–H and O–H groups in total. The van der Waals surface area contributed by atoms with Crippen LogP contribution in [0, 0.1) is 12.8 Å². The molecule has 0 saturated carbocycles. The van der Waals surface area contributed by atoms with E-state index in [0.29, 0.717) is 17.8 Å². The summed E-state index contributed by atoms with van der Waals surface area (Å²) in [7, 11) is 0. The van der Waals surface area contributed by atoms with Gasteiger partial charge in [0.05, 0.1) is 4.88 Å². The fourth-order valence-corrected chi connectivity index (χ4v) is 2.17. The lowest BCUT2D eigenvalue weighted by molar-refractivity contribution is -0.137. The Balaban J connectivity index is 2.30. The Morgan fingerprint density at radius 1 is 1.47 bits per heavy atom. The van der Waals surface area contributed by atoms with Gasteiger partial charge < -0.3 is 10.4 Å². The number of carboxylic acids is 1. The Hall–Kier alpha value is -1.36. The summed E-state index contributed by atoms with van der Waals surface area (Å²) in [6.45, 7) is 4.41. The molecule has 0 aromatic carbocycles. The van der Waals surface area contributed by atoms with Gasteiger partial charge in [0.1, 0.15) is 0 Å². The fraction of sp³-hybridized carbons (Fsp3) is 0.500. The third-order valence-electron chi connectivity index (χ3n) is 2.43. The van der Waals surface area contributed by atoms with Crippen LogP contribution in [0.2, 0.25) is 0 Å². The van der Waals surface area contributed by atoms with E-state index < -0.39 is 5.97 Å². The lowest BCUT2D eigenvalue weighted by atomic mass is 10.1. The minimum Gasteiger partial charge on any atom is -0.481 e. The first-order valence-electron chi connectivity index (χ1n) is 5.55. The van der Waals surface area contributed by atoms with Gasteiger partial charge in [-0.25, -0.2) is 0 Å². The van der Waals surface area contributed by atoms with Gasteiger partial charge in [0.25, 0.3) is 5.91 Å². The highest BCUT2D eigenvalue weighted by Gasteiger charge is 2.10. The summed E-state index contributed by atoms with van der Waals surface area (Å²) >= 11 is 1.46. The van der Waals surface area contributed by atoms with Gasteiger partial charge in [-0.15, -0.1) is 11.3 Å². The smallest absolute Gasteiger partial charge is 0.303 e. The topological polar surface area (TPSA) is 66.4 Å². The molecule has 1 unspecified atom stereocenters. The zero-order chi connectivity index (χ0) is 12.8. The first-order valence-corrected chi connectivity index (χ1v) is 6.37. The van der Waals surface area contributed by atoms with E-state index in [0.717, 1.165) is 4.88 Å². The van der Waals surface area contributed by atoms with Crippen LogP contribution >= 0.6 is 11.3 Å². The zero-order valence-electron chi connectivity index (χ0n) is 10.0. The summed E-state index contributed by atoms with van der Waals surface area (Å²) in [6, 6.07) is 3.71. The van der Waals surface area contributed by atoms with Crippen molar-refractivity contribution in [1.29, 1.82) is 0 Å². The van der Waals surface area contributed by atoms with Crippen molar-refractivity contribution in [2.24, 2.45) is 5.92 Å². The SMILES string of the molecule is Cc1ccc(C(=O)NCC(C)CCC(=O)O)s1. The molecular formula is C12H17NO3S. The summed E-state index contributed by atoms with van der Waals surface area (Å²) in [6.07, 6.45) is 0.730. The second-order valence-electron chi connectivity index (χ2n) is 4.16. The Kier molecular flexibility index (Phi) is 5.15. The van der Waals surface area contributed by atoms with Gasteiger partial charge in [-0.1, -0.05) is 6.92 Å². The highest BCUT2D eigenvalue weighted by atomic mass is 32.1. The predicted octanol–water partition coefficient (Wildman–Crippen LogP) is 2.29. The van der Waals surface area contributed by atoms with Crippen molar-refractivity contribution in [2.45, 2.75) is 26.7 Å². The number of aryl methyl sites for hydroxylation is 1. The molecule has 1 heterocycles. The maximum Gasteiger partial charge on any atom is 0.303 e. The van der Waals surface area contributed by atoms with E-state index in [-0.39, 0.29) is 18.2 Å². The average Bonchev–Trinajstić information content (AvgIpc) is 2.70. The Morgan fingerprint density at radius 3 is 2.71 bits per heavy atom. The van der Waals surface area contributed by atoms with E-state index >= 15 is 0 Å². The largest absolute Gasteiger partial charge is 0.481 e. The van der Waals surface area contributed by atoms with Crippen molar-refractivity contribution in [1.82, 2.24) is 5.32 Å². The summed E-state index contributed by atoms with van der Waals surface area (Å²) in [5, 5.41) is 11.3. The van der Waals surface area contributed by atoms with Crippen LogP contribution in [0.4, 0.5) is 0 Å². The number of hydrogen-bond acceptors (Lipinski definition) is 3. The number of rotatable bonds is 6. The predicted molar refractivity (Wildman–Crippen MR) is 67.4 cm³/mol. The van der Waals surface area contributed by atoms with E-state index in [9.17, 15) is 9.59 Å². The Labute approximate surface area is 105 Å². The molecule has 0 aliphatic heterocycles. The molecule has 0 spiro atoms. The number of thiophene rings is 1. The second-order valence-corrected chi connectivity index (χ2v) is 5.45. The van der Waals surface area contributed by atoms with E-state index in [4.69, 9.17) is 5.11 Å². The number of carbonyl (C=O) groups excluding carboxylic acids is 1. The van der Waals surface area contributed by atoms with Crippen molar-refractivity contribution in [2.75, 3.05) is 6.54 Å². The molecule has 0 bridgehead atoms. The molecule has 5 heteroatoms. The molecular weight excluding hydrogens is 238 g/mol. The van der Waals surface area contributed by atoms with Gasteiger partial charge in [-0.2, -0.15) is 0 Å². The minimum atomic E-state index is -0.794. The highest BCUT2D eigenvalue weighted by molar-refractivity contribution is 7.13. The van der Waals surface area contributed by atoms with Crippen LogP contribution in [-0.4, -0.2) is 23.5 Å².